The van der Waals surface area contributed by atoms with E-state index >= 15 is 0 Å². The Hall–Kier alpha value is -0.210. The third kappa shape index (κ3) is 2.10. The number of hydrogen-bond donors (Lipinski definition) is 0. The summed E-state index contributed by atoms with van der Waals surface area (Å²) in [6.07, 6.45) is 1.54. The summed E-state index contributed by atoms with van der Waals surface area (Å²) >= 11 is 0. The van der Waals surface area contributed by atoms with Crippen LogP contribution in [-0.4, -0.2) is 63.2 Å². The highest BCUT2D eigenvalue weighted by Gasteiger charge is 2.44. The van der Waals surface area contributed by atoms with Gasteiger partial charge in [-0.2, -0.15) is 17.0 Å². The van der Waals surface area contributed by atoms with Crippen molar-refractivity contribution in [3.8, 4) is 0 Å². The molecule has 7 heteroatoms. The molecule has 0 aromatic rings. The molecule has 0 aromatic carbocycles. The molecular weight excluding hydrogens is 232 g/mol. The standard InChI is InChI=1S/C9H18N2O4S/c1-10(2)16(12,13)11-5-3-4-9(8-11)14-6-7-15-9/h3-8H2,1-2H3. The van der Waals surface area contributed by atoms with Gasteiger partial charge in [0, 0.05) is 27.1 Å². The van der Waals surface area contributed by atoms with Crippen LogP contribution in [0.1, 0.15) is 12.8 Å². The van der Waals surface area contributed by atoms with Crippen molar-refractivity contribution in [1.29, 1.82) is 0 Å². The first-order chi connectivity index (χ1) is 7.46. The molecule has 0 N–H and O–H groups in total. The number of rotatable bonds is 2. The first-order valence-electron chi connectivity index (χ1n) is 5.42. The van der Waals surface area contributed by atoms with E-state index in [0.29, 0.717) is 26.3 Å². The summed E-state index contributed by atoms with van der Waals surface area (Å²) in [6, 6.07) is 0. The summed E-state index contributed by atoms with van der Waals surface area (Å²) in [7, 11) is -0.287. The molecule has 0 amide bonds. The number of ether oxygens (including phenoxy) is 2. The molecule has 0 saturated carbocycles. The lowest BCUT2D eigenvalue weighted by Crippen LogP contribution is -2.53. The Labute approximate surface area is 96.3 Å². The molecule has 0 unspecified atom stereocenters. The van der Waals surface area contributed by atoms with Gasteiger partial charge in [0.15, 0.2) is 5.79 Å². The molecule has 6 nitrogen and oxygen atoms in total. The molecule has 1 spiro atoms. The number of hydrogen-bond acceptors (Lipinski definition) is 4. The molecule has 0 aromatic heterocycles. The number of nitrogens with zero attached hydrogens (tertiary/aromatic N) is 2. The Bertz CT molecular complexity index is 349. The van der Waals surface area contributed by atoms with E-state index in [0.717, 1.165) is 12.8 Å². The lowest BCUT2D eigenvalue weighted by molar-refractivity contribution is -0.179. The van der Waals surface area contributed by atoms with Gasteiger partial charge in [0.2, 0.25) is 0 Å². The van der Waals surface area contributed by atoms with Crippen LogP contribution in [-0.2, 0) is 19.7 Å². The first-order valence-corrected chi connectivity index (χ1v) is 6.82. The molecule has 2 heterocycles. The van der Waals surface area contributed by atoms with Gasteiger partial charge >= 0.3 is 0 Å². The Morgan fingerprint density at radius 3 is 2.44 bits per heavy atom. The van der Waals surface area contributed by atoms with Crippen LogP contribution in [0.3, 0.4) is 0 Å². The highest BCUT2D eigenvalue weighted by molar-refractivity contribution is 7.86. The largest absolute Gasteiger partial charge is 0.346 e. The minimum Gasteiger partial charge on any atom is -0.346 e. The summed E-state index contributed by atoms with van der Waals surface area (Å²) < 4.78 is 37.7. The third-order valence-corrected chi connectivity index (χ3v) is 4.87. The average molecular weight is 250 g/mol. The summed E-state index contributed by atoms with van der Waals surface area (Å²) in [5.41, 5.74) is 0. The van der Waals surface area contributed by atoms with Gasteiger partial charge in [0.25, 0.3) is 10.2 Å². The molecule has 2 saturated heterocycles. The summed E-state index contributed by atoms with van der Waals surface area (Å²) in [5, 5.41) is 0. The summed E-state index contributed by atoms with van der Waals surface area (Å²) in [5.74, 6) is -0.693. The number of piperidine rings is 1. The minimum atomic E-state index is -3.36. The lowest BCUT2D eigenvalue weighted by atomic mass is 10.1. The summed E-state index contributed by atoms with van der Waals surface area (Å²) in [6.45, 7) is 1.94. The normalized spacial score (nSPS) is 26.7. The van der Waals surface area contributed by atoms with Crippen molar-refractivity contribution >= 4 is 10.2 Å². The van der Waals surface area contributed by atoms with Gasteiger partial charge in [0.05, 0.1) is 19.8 Å². The van der Waals surface area contributed by atoms with Gasteiger partial charge in [-0.05, 0) is 6.42 Å². The molecule has 16 heavy (non-hydrogen) atoms. The monoisotopic (exact) mass is 250 g/mol. The zero-order chi connectivity index (χ0) is 11.8. The van der Waals surface area contributed by atoms with E-state index < -0.39 is 16.0 Å². The van der Waals surface area contributed by atoms with Gasteiger partial charge in [-0.15, -0.1) is 0 Å². The predicted molar refractivity (Wildman–Crippen MR) is 58.0 cm³/mol. The molecule has 2 aliphatic heterocycles. The van der Waals surface area contributed by atoms with Crippen LogP contribution in [0.4, 0.5) is 0 Å². The maximum atomic E-state index is 12.0. The van der Waals surface area contributed by atoms with Crippen LogP contribution < -0.4 is 0 Å². The van der Waals surface area contributed by atoms with Gasteiger partial charge in [-0.1, -0.05) is 0 Å². The Morgan fingerprint density at radius 1 is 1.25 bits per heavy atom. The van der Waals surface area contributed by atoms with Gasteiger partial charge in [-0.3, -0.25) is 0 Å². The zero-order valence-corrected chi connectivity index (χ0v) is 10.5. The van der Waals surface area contributed by atoms with Crippen molar-refractivity contribution in [2.45, 2.75) is 18.6 Å². The third-order valence-electron chi connectivity index (χ3n) is 2.98. The van der Waals surface area contributed by atoms with Crippen molar-refractivity contribution in [1.82, 2.24) is 8.61 Å². The second kappa shape index (κ2) is 4.23. The van der Waals surface area contributed by atoms with Crippen LogP contribution in [0.5, 0.6) is 0 Å². The molecule has 0 atom stereocenters. The highest BCUT2D eigenvalue weighted by atomic mass is 32.2. The van der Waals surface area contributed by atoms with Gasteiger partial charge < -0.3 is 9.47 Å². The highest BCUT2D eigenvalue weighted by Crippen LogP contribution is 2.31. The second-order valence-corrected chi connectivity index (χ2v) is 6.48. The predicted octanol–water partition coefficient (Wildman–Crippen LogP) is -0.368. The smallest absolute Gasteiger partial charge is 0.281 e. The fraction of sp³-hybridized carbons (Fsp3) is 1.00. The molecule has 0 bridgehead atoms. The second-order valence-electron chi connectivity index (χ2n) is 4.33. The minimum absolute atomic E-state index is 0.299. The molecule has 94 valence electrons. The van der Waals surface area contributed by atoms with Crippen molar-refractivity contribution < 1.29 is 17.9 Å². The fourth-order valence-corrected chi connectivity index (χ4v) is 3.29. The van der Waals surface area contributed by atoms with Gasteiger partial charge in [-0.25, -0.2) is 0 Å². The molecule has 0 radical (unpaired) electrons. The molecule has 2 rings (SSSR count). The van der Waals surface area contributed by atoms with Crippen LogP contribution >= 0.6 is 0 Å². The molecular formula is C9H18N2O4S. The fourth-order valence-electron chi connectivity index (χ4n) is 2.11. The quantitative estimate of drug-likeness (QED) is 0.671. The summed E-state index contributed by atoms with van der Waals surface area (Å²) in [4.78, 5) is 0. The van der Waals surface area contributed by atoms with E-state index in [1.165, 1.54) is 22.7 Å². The van der Waals surface area contributed by atoms with Crippen LogP contribution in [0, 0.1) is 0 Å². The van der Waals surface area contributed by atoms with E-state index in [4.69, 9.17) is 9.47 Å². The van der Waals surface area contributed by atoms with E-state index in [1.807, 2.05) is 0 Å². The van der Waals surface area contributed by atoms with E-state index in [-0.39, 0.29) is 0 Å². The Balaban J connectivity index is 2.13. The van der Waals surface area contributed by atoms with E-state index in [2.05, 4.69) is 0 Å². The Kier molecular flexibility index (Phi) is 3.24. The molecule has 2 fully saturated rings. The molecule has 2 aliphatic rings. The van der Waals surface area contributed by atoms with Gasteiger partial charge in [0.1, 0.15) is 0 Å². The maximum Gasteiger partial charge on any atom is 0.281 e. The van der Waals surface area contributed by atoms with Crippen molar-refractivity contribution in [3.63, 3.8) is 0 Å². The SMILES string of the molecule is CN(C)S(=O)(=O)N1CCCC2(C1)OCCO2. The topological polar surface area (TPSA) is 59.1 Å². The maximum absolute atomic E-state index is 12.0. The lowest BCUT2D eigenvalue weighted by Gasteiger charge is -2.38. The van der Waals surface area contributed by atoms with E-state index in [9.17, 15) is 8.42 Å². The van der Waals surface area contributed by atoms with E-state index in [1.54, 1.807) is 0 Å². The van der Waals surface area contributed by atoms with Crippen molar-refractivity contribution in [2.75, 3.05) is 40.4 Å². The average Bonchev–Trinajstić information content (AvgIpc) is 2.66. The van der Waals surface area contributed by atoms with Crippen molar-refractivity contribution in [3.05, 3.63) is 0 Å². The first kappa shape index (κ1) is 12.3. The Morgan fingerprint density at radius 2 is 1.88 bits per heavy atom. The van der Waals surface area contributed by atoms with Crippen LogP contribution in [0.15, 0.2) is 0 Å². The zero-order valence-electron chi connectivity index (χ0n) is 9.68. The molecule has 0 aliphatic carbocycles. The van der Waals surface area contributed by atoms with Crippen LogP contribution in [0.25, 0.3) is 0 Å². The van der Waals surface area contributed by atoms with Crippen LogP contribution in [0.2, 0.25) is 0 Å². The van der Waals surface area contributed by atoms with Crippen molar-refractivity contribution in [2.24, 2.45) is 0 Å².